The number of carbonyl (C=O) groups is 2. The van der Waals surface area contributed by atoms with Crippen LogP contribution in [0.4, 0.5) is 0 Å². The second-order valence-corrected chi connectivity index (χ2v) is 14.2. The van der Waals surface area contributed by atoms with Gasteiger partial charge in [0.05, 0.1) is 33.9 Å². The van der Waals surface area contributed by atoms with Crippen molar-refractivity contribution in [3.05, 3.63) is 129 Å². The van der Waals surface area contributed by atoms with Gasteiger partial charge in [0.2, 0.25) is 5.60 Å². The summed E-state index contributed by atoms with van der Waals surface area (Å²) >= 11 is 0. The van der Waals surface area contributed by atoms with E-state index in [9.17, 15) is 22.8 Å². The molecule has 12 heteroatoms. The van der Waals surface area contributed by atoms with E-state index >= 15 is 0 Å². The van der Waals surface area contributed by atoms with Crippen molar-refractivity contribution < 1.29 is 27.5 Å². The first-order valence-electron chi connectivity index (χ1n) is 16.3. The zero-order valence-electron chi connectivity index (χ0n) is 27.7. The highest BCUT2D eigenvalue weighted by Gasteiger charge is 2.51. The molecule has 0 aliphatic carbocycles. The van der Waals surface area contributed by atoms with Gasteiger partial charge in [-0.15, -0.1) is 0 Å². The number of aliphatic imine (C=N–C) groups is 1. The molecule has 1 unspecified atom stereocenters. The average molecular weight is 691 g/mol. The summed E-state index contributed by atoms with van der Waals surface area (Å²) in [6.07, 6.45) is 0.0379. The third-order valence-corrected chi connectivity index (χ3v) is 10.5. The highest BCUT2D eigenvalue weighted by molar-refractivity contribution is 7.90. The maximum Gasteiger partial charge on any atom is 0.355 e. The van der Waals surface area contributed by atoms with Crippen LogP contribution in [0.5, 0.6) is 0 Å². The second kappa shape index (κ2) is 12.7. The number of aromatic nitrogens is 2. The van der Waals surface area contributed by atoms with Crippen LogP contribution in [0, 0.1) is 6.92 Å². The second-order valence-electron chi connectivity index (χ2n) is 12.5. The number of rotatable bonds is 8. The number of hydrogen-bond donors (Lipinski definition) is 1. The van der Waals surface area contributed by atoms with E-state index in [2.05, 4.69) is 9.71 Å². The SMILES string of the molecule is CC[C@@]1(OC(=O)C(C)N=C(Cc2ccccc2)NS(=O)(=O)c2ccc(C)cc2)C(=O)OCc2c1cc1n(c2=O)Cc2cc3ccccc3nc2-1. The third kappa shape index (κ3) is 5.85. The fourth-order valence-corrected chi connectivity index (χ4v) is 7.50. The number of esters is 2. The molecule has 2 aliphatic heterocycles. The number of fused-ring (bicyclic) bond motifs is 5. The molecule has 2 aromatic heterocycles. The van der Waals surface area contributed by atoms with Gasteiger partial charge < -0.3 is 14.0 Å². The Balaban J connectivity index is 1.24. The molecule has 0 radical (unpaired) electrons. The molecule has 1 N–H and O–H groups in total. The number of cyclic esters (lactones) is 1. The van der Waals surface area contributed by atoms with Gasteiger partial charge in [0.15, 0.2) is 0 Å². The standard InChI is InChI=1S/C38H34N4O7S/c1-4-38(30-20-32-34-27(19-26-12-8-9-13-31(26)40-34)21-42(32)35(43)29(30)22-48-37(38)45)49-36(44)24(3)39-33(18-25-10-6-5-7-11-25)41-50(46,47)28-16-14-23(2)15-17-28/h5-17,19-20,24H,4,18,21-22H2,1-3H3,(H,39,41)/t24?,38-/m0/s1. The number of amidine groups is 1. The molecule has 3 aromatic carbocycles. The van der Waals surface area contributed by atoms with Crippen LogP contribution in [0.2, 0.25) is 0 Å². The number of nitrogens with zero attached hydrogens (tertiary/aromatic N) is 3. The van der Waals surface area contributed by atoms with Gasteiger partial charge in [-0.3, -0.25) is 14.5 Å². The number of aryl methyl sites for hydroxylation is 1. The Morgan fingerprint density at radius 3 is 2.50 bits per heavy atom. The van der Waals surface area contributed by atoms with Crippen LogP contribution in [-0.2, 0) is 54.3 Å². The van der Waals surface area contributed by atoms with Crippen LogP contribution in [-0.4, -0.2) is 41.8 Å². The van der Waals surface area contributed by atoms with E-state index in [0.29, 0.717) is 17.9 Å². The van der Waals surface area contributed by atoms with Crippen molar-refractivity contribution >= 4 is 38.7 Å². The molecule has 2 aliphatic rings. The van der Waals surface area contributed by atoms with E-state index in [1.165, 1.54) is 19.1 Å². The Morgan fingerprint density at radius 1 is 1.04 bits per heavy atom. The summed E-state index contributed by atoms with van der Waals surface area (Å²) in [5.74, 6) is -1.71. The first-order valence-corrected chi connectivity index (χ1v) is 17.7. The number of ether oxygens (including phenoxy) is 2. The molecule has 0 fully saturated rings. The minimum absolute atomic E-state index is 0.00404. The number of hydrogen-bond acceptors (Lipinski definition) is 9. The molecule has 254 valence electrons. The van der Waals surface area contributed by atoms with Crippen LogP contribution in [0.1, 0.15) is 48.1 Å². The molecular weight excluding hydrogens is 657 g/mol. The van der Waals surface area contributed by atoms with Gasteiger partial charge in [-0.05, 0) is 56.2 Å². The molecule has 4 heterocycles. The number of benzene rings is 3. The summed E-state index contributed by atoms with van der Waals surface area (Å²) < 4.78 is 42.4. The maximum absolute atomic E-state index is 13.9. The molecule has 7 rings (SSSR count). The monoisotopic (exact) mass is 690 g/mol. The van der Waals surface area contributed by atoms with Crippen molar-refractivity contribution in [3.8, 4) is 11.4 Å². The topological polar surface area (TPSA) is 146 Å². The van der Waals surface area contributed by atoms with Gasteiger partial charge in [0.1, 0.15) is 18.5 Å². The van der Waals surface area contributed by atoms with E-state index < -0.39 is 33.6 Å². The van der Waals surface area contributed by atoms with Crippen LogP contribution in [0.3, 0.4) is 0 Å². The third-order valence-electron chi connectivity index (χ3n) is 9.15. The lowest BCUT2D eigenvalue weighted by molar-refractivity contribution is -0.190. The minimum atomic E-state index is -4.06. The quantitative estimate of drug-likeness (QED) is 0.134. The van der Waals surface area contributed by atoms with Crippen LogP contribution in [0.15, 0.2) is 106 Å². The van der Waals surface area contributed by atoms with Gasteiger partial charge in [-0.2, -0.15) is 0 Å². The average Bonchev–Trinajstić information content (AvgIpc) is 3.46. The Labute approximate surface area is 288 Å². The van der Waals surface area contributed by atoms with E-state index in [1.54, 1.807) is 29.7 Å². The number of sulfonamides is 1. The molecule has 50 heavy (non-hydrogen) atoms. The highest BCUT2D eigenvalue weighted by Crippen LogP contribution is 2.41. The molecule has 11 nitrogen and oxygen atoms in total. The zero-order chi connectivity index (χ0) is 35.2. The van der Waals surface area contributed by atoms with E-state index in [0.717, 1.165) is 27.6 Å². The Kier molecular flexibility index (Phi) is 8.35. The Bertz CT molecular complexity index is 2370. The van der Waals surface area contributed by atoms with Crippen molar-refractivity contribution in [1.82, 2.24) is 14.3 Å². The summed E-state index contributed by atoms with van der Waals surface area (Å²) in [5.41, 5.74) is 2.55. The molecule has 0 amide bonds. The Hall–Kier alpha value is -5.62. The summed E-state index contributed by atoms with van der Waals surface area (Å²) in [4.78, 5) is 50.7. The van der Waals surface area contributed by atoms with Gasteiger partial charge in [-0.1, -0.05) is 73.2 Å². The zero-order valence-corrected chi connectivity index (χ0v) is 28.5. The lowest BCUT2D eigenvalue weighted by Gasteiger charge is -2.36. The minimum Gasteiger partial charge on any atom is -0.457 e. The molecule has 0 saturated heterocycles. The fourth-order valence-electron chi connectivity index (χ4n) is 6.45. The summed E-state index contributed by atoms with van der Waals surface area (Å²) in [6.45, 7) is 5.00. The summed E-state index contributed by atoms with van der Waals surface area (Å²) in [7, 11) is -4.06. The lowest BCUT2D eigenvalue weighted by Crippen LogP contribution is -2.48. The van der Waals surface area contributed by atoms with Crippen molar-refractivity contribution in [1.29, 1.82) is 0 Å². The Morgan fingerprint density at radius 2 is 1.76 bits per heavy atom. The van der Waals surface area contributed by atoms with Crippen molar-refractivity contribution in [3.63, 3.8) is 0 Å². The largest absolute Gasteiger partial charge is 0.457 e. The predicted octanol–water partition coefficient (Wildman–Crippen LogP) is 4.95. The molecule has 0 bridgehead atoms. The highest BCUT2D eigenvalue weighted by atomic mass is 32.2. The van der Waals surface area contributed by atoms with Gasteiger partial charge in [0.25, 0.3) is 15.6 Å². The van der Waals surface area contributed by atoms with Crippen LogP contribution >= 0.6 is 0 Å². The van der Waals surface area contributed by atoms with Crippen molar-refractivity contribution in [2.45, 2.75) is 63.3 Å². The predicted molar refractivity (Wildman–Crippen MR) is 187 cm³/mol. The number of carbonyl (C=O) groups excluding carboxylic acids is 2. The maximum atomic E-state index is 13.9. The van der Waals surface area contributed by atoms with Crippen molar-refractivity contribution in [2.75, 3.05) is 0 Å². The van der Waals surface area contributed by atoms with E-state index in [-0.39, 0.29) is 46.9 Å². The van der Waals surface area contributed by atoms with E-state index in [1.807, 2.05) is 67.6 Å². The fraction of sp³-hybridized carbons (Fsp3) is 0.237. The smallest absolute Gasteiger partial charge is 0.355 e. The molecule has 0 spiro atoms. The molecule has 0 saturated carbocycles. The van der Waals surface area contributed by atoms with Gasteiger partial charge in [0, 0.05) is 22.9 Å². The number of para-hydroxylation sites is 1. The van der Waals surface area contributed by atoms with Crippen LogP contribution in [0.25, 0.3) is 22.3 Å². The normalized spacial score (nSPS) is 17.3. The van der Waals surface area contributed by atoms with Crippen molar-refractivity contribution in [2.24, 2.45) is 4.99 Å². The van der Waals surface area contributed by atoms with Gasteiger partial charge in [-0.25, -0.2) is 23.0 Å². The lowest BCUT2D eigenvalue weighted by atomic mass is 9.85. The number of nitrogens with one attached hydrogen (secondary N) is 1. The number of pyridine rings is 2. The summed E-state index contributed by atoms with van der Waals surface area (Å²) in [6, 6.07) is 25.5. The van der Waals surface area contributed by atoms with E-state index in [4.69, 9.17) is 14.5 Å². The van der Waals surface area contributed by atoms with Crippen LogP contribution < -0.4 is 10.3 Å². The molecule has 2 atom stereocenters. The molecular formula is C38H34N4O7S. The first-order chi connectivity index (χ1) is 24.0. The van der Waals surface area contributed by atoms with Gasteiger partial charge >= 0.3 is 11.9 Å². The first kappa shape index (κ1) is 32.9. The summed E-state index contributed by atoms with van der Waals surface area (Å²) in [5, 5.41) is 0.939. The molecule has 5 aromatic rings.